The summed E-state index contributed by atoms with van der Waals surface area (Å²) >= 11 is 0. The molecule has 0 aliphatic rings. The van der Waals surface area contributed by atoms with Gasteiger partial charge in [-0.3, -0.25) is 4.79 Å². The highest BCUT2D eigenvalue weighted by Crippen LogP contribution is 2.18. The molecule has 72 heavy (non-hydrogen) atoms. The molecule has 3 N–H and O–H groups in total. The summed E-state index contributed by atoms with van der Waals surface area (Å²) in [6, 6.07) is -0.626. The summed E-state index contributed by atoms with van der Waals surface area (Å²) in [5.74, 6) is -0.0618. The minimum absolute atomic E-state index is 0.0618. The van der Waals surface area contributed by atoms with Gasteiger partial charge in [0.05, 0.1) is 18.8 Å². The molecule has 0 aliphatic heterocycles. The molecule has 0 radical (unpaired) electrons. The molecule has 0 rings (SSSR count). The summed E-state index contributed by atoms with van der Waals surface area (Å²) in [5.41, 5.74) is 0. The molecular formula is C68H129NO3. The normalized spacial score (nSPS) is 13.0. The van der Waals surface area contributed by atoms with Gasteiger partial charge in [-0.15, -0.1) is 0 Å². The van der Waals surface area contributed by atoms with E-state index in [1.54, 1.807) is 6.08 Å². The minimum Gasteiger partial charge on any atom is -0.394 e. The summed E-state index contributed by atoms with van der Waals surface area (Å²) in [5, 5.41) is 23.3. The quantitative estimate of drug-likeness (QED) is 0.0420. The van der Waals surface area contributed by atoms with Crippen LogP contribution < -0.4 is 5.32 Å². The van der Waals surface area contributed by atoms with Crippen LogP contribution in [-0.2, 0) is 4.79 Å². The number of unbranched alkanes of at least 4 members (excludes halogenated alkanes) is 48. The molecule has 0 bridgehead atoms. The Balaban J connectivity index is 3.45. The zero-order chi connectivity index (χ0) is 52.0. The number of nitrogens with one attached hydrogen (secondary N) is 1. The van der Waals surface area contributed by atoms with E-state index in [0.717, 1.165) is 38.5 Å². The molecule has 1 amide bonds. The molecule has 0 saturated carbocycles. The third-order valence-corrected chi connectivity index (χ3v) is 15.3. The first-order valence-electron chi connectivity index (χ1n) is 32.9. The van der Waals surface area contributed by atoms with Gasteiger partial charge in [0.15, 0.2) is 0 Å². The van der Waals surface area contributed by atoms with Crippen molar-refractivity contribution < 1.29 is 15.0 Å². The van der Waals surface area contributed by atoms with Crippen molar-refractivity contribution in [3.8, 4) is 0 Å². The van der Waals surface area contributed by atoms with Crippen molar-refractivity contribution in [2.24, 2.45) is 0 Å². The van der Waals surface area contributed by atoms with E-state index in [9.17, 15) is 15.0 Å². The lowest BCUT2D eigenvalue weighted by Crippen LogP contribution is -2.45. The molecule has 4 nitrogen and oxygen atoms in total. The Hall–Kier alpha value is -1.65. The number of aliphatic hydroxyl groups is 2. The fraction of sp³-hybridized carbons (Fsp3) is 0.868. The first-order valence-corrected chi connectivity index (χ1v) is 32.9. The topological polar surface area (TPSA) is 69.6 Å². The number of carbonyl (C=O) groups excluding carboxylic acids is 1. The van der Waals surface area contributed by atoms with Crippen molar-refractivity contribution in [3.05, 3.63) is 48.6 Å². The van der Waals surface area contributed by atoms with E-state index in [2.05, 4.69) is 55.6 Å². The monoisotopic (exact) mass is 1010 g/mol. The van der Waals surface area contributed by atoms with Crippen LogP contribution in [0.25, 0.3) is 0 Å². The maximum Gasteiger partial charge on any atom is 0.220 e. The van der Waals surface area contributed by atoms with E-state index in [1.165, 1.54) is 302 Å². The van der Waals surface area contributed by atoms with Crippen LogP contribution in [0.5, 0.6) is 0 Å². The predicted octanol–water partition coefficient (Wildman–Crippen LogP) is 22.2. The summed E-state index contributed by atoms with van der Waals surface area (Å²) in [6.07, 6.45) is 88.9. The number of hydrogen-bond acceptors (Lipinski definition) is 3. The van der Waals surface area contributed by atoms with E-state index in [1.807, 2.05) is 6.08 Å². The van der Waals surface area contributed by atoms with E-state index in [0.29, 0.717) is 6.42 Å². The van der Waals surface area contributed by atoms with E-state index >= 15 is 0 Å². The SMILES string of the molecule is CCCCCCC/C=C\C/C=C\C/C=C\CCCCCCCCCCCCCCC(=O)NC(CO)C(O)/C=C/CCCCCCCCCCCCCCCCCCCCCCCCCCCCCCCCC. The molecule has 0 spiro atoms. The van der Waals surface area contributed by atoms with Crippen molar-refractivity contribution >= 4 is 5.91 Å². The largest absolute Gasteiger partial charge is 0.394 e. The van der Waals surface area contributed by atoms with Crippen LogP contribution in [0, 0.1) is 0 Å². The Kier molecular flexibility index (Phi) is 62.2. The van der Waals surface area contributed by atoms with E-state index in [4.69, 9.17) is 0 Å². The average Bonchev–Trinajstić information content (AvgIpc) is 3.39. The highest BCUT2D eigenvalue weighted by atomic mass is 16.3. The summed E-state index contributed by atoms with van der Waals surface area (Å²) in [7, 11) is 0. The van der Waals surface area contributed by atoms with Crippen LogP contribution in [0.3, 0.4) is 0 Å². The van der Waals surface area contributed by atoms with Crippen molar-refractivity contribution in [3.63, 3.8) is 0 Å². The summed E-state index contributed by atoms with van der Waals surface area (Å²) in [4.78, 5) is 12.5. The van der Waals surface area contributed by atoms with Gasteiger partial charge in [-0.05, 0) is 57.8 Å². The van der Waals surface area contributed by atoms with Crippen LogP contribution >= 0.6 is 0 Å². The standard InChI is InChI=1S/C68H129NO3/c1-3-5-7-9-11-13-15-17-19-21-23-25-27-29-31-32-33-34-35-36-38-39-41-43-45-47-49-51-53-55-57-59-61-63-67(71)66(65-70)69-68(72)64-62-60-58-56-54-52-50-48-46-44-42-40-37-30-28-26-24-22-20-18-16-14-12-10-8-6-4-2/h16,18,22,24,28,30,61,63,66-67,70-71H,3-15,17,19-21,23,25-27,29,31-60,62,64-65H2,1-2H3,(H,69,72)/b18-16-,24-22-,30-28-,63-61+. The van der Waals surface area contributed by atoms with Gasteiger partial charge in [0, 0.05) is 6.42 Å². The first-order chi connectivity index (χ1) is 35.7. The average molecular weight is 1010 g/mol. The molecule has 0 aromatic heterocycles. The van der Waals surface area contributed by atoms with Gasteiger partial charge in [-0.25, -0.2) is 0 Å². The van der Waals surface area contributed by atoms with Gasteiger partial charge >= 0.3 is 0 Å². The van der Waals surface area contributed by atoms with Crippen LogP contribution in [-0.4, -0.2) is 34.9 Å². The zero-order valence-corrected chi connectivity index (χ0v) is 49.0. The maximum absolute atomic E-state index is 12.5. The number of hydrogen-bond donors (Lipinski definition) is 3. The molecule has 0 aromatic carbocycles. The number of allylic oxidation sites excluding steroid dienone is 7. The van der Waals surface area contributed by atoms with Crippen molar-refractivity contribution in [1.29, 1.82) is 0 Å². The third kappa shape index (κ3) is 59.2. The Labute approximate surface area is 452 Å². The molecule has 2 unspecified atom stereocenters. The molecule has 0 aromatic rings. The fourth-order valence-corrected chi connectivity index (χ4v) is 10.3. The maximum atomic E-state index is 12.5. The fourth-order valence-electron chi connectivity index (χ4n) is 10.3. The second kappa shape index (κ2) is 63.6. The molecule has 0 fully saturated rings. The first kappa shape index (κ1) is 70.3. The highest BCUT2D eigenvalue weighted by Gasteiger charge is 2.18. The lowest BCUT2D eigenvalue weighted by Gasteiger charge is -2.20. The van der Waals surface area contributed by atoms with Gasteiger partial charge in [0.25, 0.3) is 0 Å². The smallest absolute Gasteiger partial charge is 0.220 e. The van der Waals surface area contributed by atoms with Crippen LogP contribution in [0.1, 0.15) is 361 Å². The van der Waals surface area contributed by atoms with Gasteiger partial charge < -0.3 is 15.5 Å². The summed E-state index contributed by atoms with van der Waals surface area (Å²) < 4.78 is 0. The Morgan fingerprint density at radius 1 is 0.333 bits per heavy atom. The second-order valence-corrected chi connectivity index (χ2v) is 22.5. The molecule has 0 saturated heterocycles. The number of amides is 1. The van der Waals surface area contributed by atoms with Gasteiger partial charge in [-0.1, -0.05) is 345 Å². The third-order valence-electron chi connectivity index (χ3n) is 15.3. The zero-order valence-electron chi connectivity index (χ0n) is 49.0. The highest BCUT2D eigenvalue weighted by molar-refractivity contribution is 5.76. The lowest BCUT2D eigenvalue weighted by atomic mass is 10.0. The number of rotatable bonds is 61. The molecular weight excluding hydrogens is 879 g/mol. The van der Waals surface area contributed by atoms with Gasteiger partial charge in [0.2, 0.25) is 5.91 Å². The number of aliphatic hydroxyl groups excluding tert-OH is 2. The van der Waals surface area contributed by atoms with Gasteiger partial charge in [0.1, 0.15) is 0 Å². The Morgan fingerprint density at radius 2 is 0.569 bits per heavy atom. The molecule has 0 aliphatic carbocycles. The lowest BCUT2D eigenvalue weighted by molar-refractivity contribution is -0.123. The molecule has 0 heterocycles. The van der Waals surface area contributed by atoms with Gasteiger partial charge in [-0.2, -0.15) is 0 Å². The van der Waals surface area contributed by atoms with Crippen molar-refractivity contribution in [2.75, 3.05) is 6.61 Å². The van der Waals surface area contributed by atoms with Crippen LogP contribution in [0.2, 0.25) is 0 Å². The Morgan fingerprint density at radius 3 is 0.847 bits per heavy atom. The van der Waals surface area contributed by atoms with Crippen molar-refractivity contribution in [1.82, 2.24) is 5.32 Å². The number of carbonyl (C=O) groups is 1. The van der Waals surface area contributed by atoms with Crippen molar-refractivity contribution in [2.45, 2.75) is 373 Å². The molecule has 424 valence electrons. The predicted molar refractivity (Wildman–Crippen MR) is 322 cm³/mol. The second-order valence-electron chi connectivity index (χ2n) is 22.5. The van der Waals surface area contributed by atoms with E-state index in [-0.39, 0.29) is 12.5 Å². The molecule has 4 heteroatoms. The summed E-state index contributed by atoms with van der Waals surface area (Å²) in [6.45, 7) is 4.33. The van der Waals surface area contributed by atoms with Crippen LogP contribution in [0.4, 0.5) is 0 Å². The minimum atomic E-state index is -0.843. The van der Waals surface area contributed by atoms with Crippen LogP contribution in [0.15, 0.2) is 48.6 Å². The van der Waals surface area contributed by atoms with E-state index < -0.39 is 12.1 Å². The Bertz CT molecular complexity index is 1140. The molecule has 2 atom stereocenters.